The third-order valence-electron chi connectivity index (χ3n) is 3.03. The molecule has 0 heterocycles. The smallest absolute Gasteiger partial charge is 0.338 e. The van der Waals surface area contributed by atoms with Crippen molar-refractivity contribution in [3.8, 4) is 0 Å². The molecule has 122 valence electrons. The standard InChI is InChI=1S/C15H10N2O7/c18-14(11-2-1-3-13(8-11)17(22)23)9-24-15(19)10-4-6-12(7-5-10)16(20)21/h1-8H,9H2. The molecule has 0 aliphatic rings. The number of non-ortho nitro benzene ring substituents is 2. The monoisotopic (exact) mass is 330 g/mol. The van der Waals surface area contributed by atoms with Crippen molar-refractivity contribution in [3.63, 3.8) is 0 Å². The highest BCUT2D eigenvalue weighted by Gasteiger charge is 2.15. The predicted octanol–water partition coefficient (Wildman–Crippen LogP) is 2.54. The van der Waals surface area contributed by atoms with E-state index in [0.29, 0.717) is 0 Å². The van der Waals surface area contributed by atoms with Crippen LogP contribution in [0.5, 0.6) is 0 Å². The van der Waals surface area contributed by atoms with Crippen LogP contribution >= 0.6 is 0 Å². The maximum atomic E-state index is 11.9. The molecule has 0 fully saturated rings. The first-order valence-corrected chi connectivity index (χ1v) is 6.57. The quantitative estimate of drug-likeness (QED) is 0.344. The molecule has 9 heteroatoms. The molecule has 0 saturated heterocycles. The highest BCUT2D eigenvalue weighted by atomic mass is 16.6. The van der Waals surface area contributed by atoms with Crippen molar-refractivity contribution in [1.82, 2.24) is 0 Å². The average molecular weight is 330 g/mol. The Balaban J connectivity index is 2.00. The van der Waals surface area contributed by atoms with Gasteiger partial charge in [-0.15, -0.1) is 0 Å². The van der Waals surface area contributed by atoms with Crippen molar-refractivity contribution in [2.75, 3.05) is 6.61 Å². The molecule has 0 bridgehead atoms. The van der Waals surface area contributed by atoms with Crippen molar-refractivity contribution in [3.05, 3.63) is 79.9 Å². The van der Waals surface area contributed by atoms with Crippen LogP contribution in [0.1, 0.15) is 20.7 Å². The molecule has 2 aromatic carbocycles. The Bertz CT molecular complexity index is 815. The van der Waals surface area contributed by atoms with E-state index in [4.69, 9.17) is 4.74 Å². The van der Waals surface area contributed by atoms with E-state index >= 15 is 0 Å². The van der Waals surface area contributed by atoms with Crippen molar-refractivity contribution in [2.45, 2.75) is 0 Å². The summed E-state index contributed by atoms with van der Waals surface area (Å²) in [5, 5.41) is 21.2. The third-order valence-corrected chi connectivity index (χ3v) is 3.03. The molecule has 0 unspecified atom stereocenters. The van der Waals surface area contributed by atoms with Gasteiger partial charge in [0.15, 0.2) is 6.61 Å². The van der Waals surface area contributed by atoms with E-state index in [1.165, 1.54) is 30.3 Å². The lowest BCUT2D eigenvalue weighted by molar-refractivity contribution is -0.385. The van der Waals surface area contributed by atoms with E-state index in [0.717, 1.165) is 18.2 Å². The van der Waals surface area contributed by atoms with E-state index in [1.54, 1.807) is 0 Å². The fraction of sp³-hybridized carbons (Fsp3) is 0.0667. The number of benzene rings is 2. The summed E-state index contributed by atoms with van der Waals surface area (Å²) in [5.74, 6) is -1.43. The van der Waals surface area contributed by atoms with Crippen LogP contribution < -0.4 is 0 Å². The molecule has 2 aromatic rings. The van der Waals surface area contributed by atoms with Gasteiger partial charge in [-0.3, -0.25) is 25.0 Å². The third kappa shape index (κ3) is 3.97. The van der Waals surface area contributed by atoms with E-state index in [9.17, 15) is 29.8 Å². The highest BCUT2D eigenvalue weighted by molar-refractivity contribution is 5.99. The molecular formula is C15H10N2O7. The van der Waals surface area contributed by atoms with E-state index < -0.39 is 28.2 Å². The van der Waals surface area contributed by atoms with Gasteiger partial charge in [-0.05, 0) is 12.1 Å². The van der Waals surface area contributed by atoms with Gasteiger partial charge in [0.05, 0.1) is 15.4 Å². The van der Waals surface area contributed by atoms with Crippen LogP contribution in [-0.2, 0) is 4.74 Å². The van der Waals surface area contributed by atoms with Crippen LogP contribution in [0.4, 0.5) is 11.4 Å². The summed E-state index contributed by atoms with van der Waals surface area (Å²) in [7, 11) is 0. The minimum atomic E-state index is -0.830. The molecule has 0 aromatic heterocycles. The number of rotatable bonds is 6. The Morgan fingerprint density at radius 2 is 1.50 bits per heavy atom. The van der Waals surface area contributed by atoms with E-state index in [-0.39, 0.29) is 22.5 Å². The maximum absolute atomic E-state index is 11.9. The van der Waals surface area contributed by atoms with Gasteiger partial charge < -0.3 is 4.74 Å². The van der Waals surface area contributed by atoms with E-state index in [2.05, 4.69) is 0 Å². The van der Waals surface area contributed by atoms with Crippen LogP contribution in [0.25, 0.3) is 0 Å². The van der Waals surface area contributed by atoms with Crippen LogP contribution in [-0.4, -0.2) is 28.2 Å². The number of ketones is 1. The molecule has 9 nitrogen and oxygen atoms in total. The predicted molar refractivity (Wildman–Crippen MR) is 80.8 cm³/mol. The number of Topliss-reactive ketones (excluding diaryl/α,β-unsaturated/α-hetero) is 1. The number of hydrogen-bond acceptors (Lipinski definition) is 7. The Hall–Kier alpha value is -3.62. The Kier molecular flexibility index (Phi) is 4.95. The van der Waals surface area contributed by atoms with Gasteiger partial charge in [-0.2, -0.15) is 0 Å². The van der Waals surface area contributed by atoms with Gasteiger partial charge in [0.1, 0.15) is 0 Å². The zero-order valence-electron chi connectivity index (χ0n) is 12.1. The van der Waals surface area contributed by atoms with Crippen molar-refractivity contribution in [1.29, 1.82) is 0 Å². The van der Waals surface area contributed by atoms with Gasteiger partial charge in [0, 0.05) is 29.8 Å². The van der Waals surface area contributed by atoms with Crippen LogP contribution in [0.3, 0.4) is 0 Å². The molecule has 2 rings (SSSR count). The van der Waals surface area contributed by atoms with Gasteiger partial charge in [-0.25, -0.2) is 4.79 Å². The molecule has 0 amide bonds. The first kappa shape index (κ1) is 16.7. The van der Waals surface area contributed by atoms with Gasteiger partial charge in [-0.1, -0.05) is 12.1 Å². The van der Waals surface area contributed by atoms with Gasteiger partial charge in [0.2, 0.25) is 5.78 Å². The zero-order valence-corrected chi connectivity index (χ0v) is 12.1. The molecule has 0 radical (unpaired) electrons. The fourth-order valence-electron chi connectivity index (χ4n) is 1.81. The number of esters is 1. The summed E-state index contributed by atoms with van der Waals surface area (Å²) in [6, 6.07) is 9.73. The maximum Gasteiger partial charge on any atom is 0.338 e. The SMILES string of the molecule is O=C(COC(=O)c1ccc([N+](=O)[O-])cc1)c1cccc([N+](=O)[O-])c1. The second-order valence-electron chi connectivity index (χ2n) is 4.61. The van der Waals surface area contributed by atoms with Gasteiger partial charge >= 0.3 is 5.97 Å². The molecule has 0 aliphatic carbocycles. The minimum Gasteiger partial charge on any atom is -0.454 e. The number of hydrogen-bond donors (Lipinski definition) is 0. The summed E-state index contributed by atoms with van der Waals surface area (Å²) in [6.45, 7) is -0.600. The number of nitrogens with zero attached hydrogens (tertiary/aromatic N) is 2. The number of ether oxygens (including phenoxy) is 1. The summed E-state index contributed by atoms with van der Waals surface area (Å²) in [4.78, 5) is 43.6. The summed E-state index contributed by atoms with van der Waals surface area (Å²) >= 11 is 0. The lowest BCUT2D eigenvalue weighted by Crippen LogP contribution is -2.14. The molecule has 0 atom stereocenters. The largest absolute Gasteiger partial charge is 0.454 e. The molecule has 0 aliphatic heterocycles. The van der Waals surface area contributed by atoms with Crippen LogP contribution in [0, 0.1) is 20.2 Å². The Labute approximate surface area is 134 Å². The fourth-order valence-corrected chi connectivity index (χ4v) is 1.81. The molecule has 0 saturated carbocycles. The average Bonchev–Trinajstić information content (AvgIpc) is 2.59. The highest BCUT2D eigenvalue weighted by Crippen LogP contribution is 2.15. The number of carbonyl (C=O) groups excluding carboxylic acids is 2. The van der Waals surface area contributed by atoms with E-state index in [1.807, 2.05) is 0 Å². The van der Waals surface area contributed by atoms with Crippen molar-refractivity contribution < 1.29 is 24.2 Å². The van der Waals surface area contributed by atoms with Crippen LogP contribution in [0.15, 0.2) is 48.5 Å². The van der Waals surface area contributed by atoms with Crippen molar-refractivity contribution >= 4 is 23.1 Å². The number of nitro groups is 2. The number of nitro benzene ring substituents is 2. The minimum absolute atomic E-state index is 0.0423. The Morgan fingerprint density at radius 3 is 2.08 bits per heavy atom. The zero-order chi connectivity index (χ0) is 17.7. The normalized spacial score (nSPS) is 10.0. The van der Waals surface area contributed by atoms with Gasteiger partial charge in [0.25, 0.3) is 11.4 Å². The molecule has 24 heavy (non-hydrogen) atoms. The molecular weight excluding hydrogens is 320 g/mol. The second kappa shape index (κ2) is 7.09. The Morgan fingerprint density at radius 1 is 0.875 bits per heavy atom. The topological polar surface area (TPSA) is 130 Å². The lowest BCUT2D eigenvalue weighted by atomic mass is 10.1. The first-order valence-electron chi connectivity index (χ1n) is 6.57. The number of carbonyl (C=O) groups is 2. The summed E-state index contributed by atoms with van der Waals surface area (Å²) < 4.78 is 4.82. The lowest BCUT2D eigenvalue weighted by Gasteiger charge is -2.04. The summed E-state index contributed by atoms with van der Waals surface area (Å²) in [5.41, 5.74) is -0.338. The summed E-state index contributed by atoms with van der Waals surface area (Å²) in [6.07, 6.45) is 0. The molecule has 0 N–H and O–H groups in total. The van der Waals surface area contributed by atoms with Crippen LogP contribution in [0.2, 0.25) is 0 Å². The second-order valence-corrected chi connectivity index (χ2v) is 4.61. The molecule has 0 spiro atoms. The van der Waals surface area contributed by atoms with Crippen molar-refractivity contribution in [2.24, 2.45) is 0 Å². The first-order chi connectivity index (χ1) is 11.4.